The minimum atomic E-state index is -1.10. The van der Waals surface area contributed by atoms with E-state index >= 15 is 0 Å². The van der Waals surface area contributed by atoms with Gasteiger partial charge in [-0.2, -0.15) is 5.10 Å². The molecule has 0 amide bonds. The Morgan fingerprint density at radius 2 is 2.06 bits per heavy atom. The number of hydrogen-bond acceptors (Lipinski definition) is 5. The summed E-state index contributed by atoms with van der Waals surface area (Å²) in [5, 5.41) is 5.61. The summed E-state index contributed by atoms with van der Waals surface area (Å²) in [6.07, 6.45) is 13.9. The molecule has 166 valence electrons. The third kappa shape index (κ3) is 5.12. The zero-order valence-corrected chi connectivity index (χ0v) is 19.8. The Hall–Kier alpha value is -2.32. The van der Waals surface area contributed by atoms with Crippen LogP contribution in [0.2, 0.25) is 25.7 Å². The van der Waals surface area contributed by atoms with E-state index in [1.165, 1.54) is 25.7 Å². The first-order chi connectivity index (χ1) is 15.0. The van der Waals surface area contributed by atoms with Crippen molar-refractivity contribution in [2.75, 3.05) is 6.61 Å². The number of aromatic nitrogens is 5. The second-order valence-corrected chi connectivity index (χ2v) is 15.4. The lowest BCUT2D eigenvalue weighted by Crippen LogP contribution is -2.22. The van der Waals surface area contributed by atoms with Crippen LogP contribution in [0.1, 0.15) is 38.1 Å². The number of carbonyl (C=O) groups is 1. The Balaban J connectivity index is 1.53. The van der Waals surface area contributed by atoms with E-state index in [2.05, 4.69) is 34.7 Å². The average Bonchev–Trinajstić information content (AvgIpc) is 3.50. The number of nitrogens with zero attached hydrogens (tertiary/aromatic N) is 5. The molecular formula is C23H33N5O2Si. The SMILES string of the molecule is C[Si](C)(C)CCOCn1ccc2c(-c3cnn(C(CC=O)C4CCCC4)c3)ncnc21. The van der Waals surface area contributed by atoms with Gasteiger partial charge in [0.05, 0.1) is 17.9 Å². The zero-order valence-electron chi connectivity index (χ0n) is 18.8. The van der Waals surface area contributed by atoms with Gasteiger partial charge in [0.1, 0.15) is 25.0 Å². The molecular weight excluding hydrogens is 406 g/mol. The molecule has 0 bridgehead atoms. The maximum absolute atomic E-state index is 11.3. The van der Waals surface area contributed by atoms with Crippen molar-refractivity contribution in [2.24, 2.45) is 5.92 Å². The second-order valence-electron chi connectivity index (χ2n) is 9.82. The summed E-state index contributed by atoms with van der Waals surface area (Å²) in [4.78, 5) is 20.3. The van der Waals surface area contributed by atoms with Crippen LogP contribution in [-0.2, 0) is 16.3 Å². The van der Waals surface area contributed by atoms with Crippen molar-refractivity contribution in [1.29, 1.82) is 0 Å². The van der Waals surface area contributed by atoms with E-state index in [0.717, 1.165) is 41.2 Å². The van der Waals surface area contributed by atoms with Crippen LogP contribution >= 0.6 is 0 Å². The summed E-state index contributed by atoms with van der Waals surface area (Å²) < 4.78 is 9.92. The molecule has 1 fully saturated rings. The van der Waals surface area contributed by atoms with Gasteiger partial charge >= 0.3 is 0 Å². The van der Waals surface area contributed by atoms with Gasteiger partial charge in [0.25, 0.3) is 0 Å². The fourth-order valence-electron chi connectivity index (χ4n) is 4.48. The summed E-state index contributed by atoms with van der Waals surface area (Å²) in [6, 6.07) is 3.33. The molecule has 0 aliphatic heterocycles. The van der Waals surface area contributed by atoms with E-state index in [0.29, 0.717) is 19.1 Å². The summed E-state index contributed by atoms with van der Waals surface area (Å²) in [6.45, 7) is 8.33. The van der Waals surface area contributed by atoms with Gasteiger partial charge in [0.15, 0.2) is 0 Å². The van der Waals surface area contributed by atoms with Crippen molar-refractivity contribution in [3.8, 4) is 11.3 Å². The number of hydrogen-bond donors (Lipinski definition) is 0. The number of fused-ring (bicyclic) bond motifs is 1. The molecule has 8 heteroatoms. The van der Waals surface area contributed by atoms with Crippen LogP contribution in [0.25, 0.3) is 22.3 Å². The summed E-state index contributed by atoms with van der Waals surface area (Å²) >= 11 is 0. The van der Waals surface area contributed by atoms with Crippen molar-refractivity contribution in [2.45, 2.75) is 70.6 Å². The Bertz CT molecular complexity index is 1020. The summed E-state index contributed by atoms with van der Waals surface area (Å²) in [5.74, 6) is 0.526. The van der Waals surface area contributed by atoms with Gasteiger partial charge in [-0.05, 0) is 30.9 Å². The van der Waals surface area contributed by atoms with Crippen LogP contribution in [-0.4, -0.2) is 45.3 Å². The maximum atomic E-state index is 11.3. The lowest BCUT2D eigenvalue weighted by molar-refractivity contribution is -0.108. The predicted molar refractivity (Wildman–Crippen MR) is 125 cm³/mol. The van der Waals surface area contributed by atoms with Crippen LogP contribution < -0.4 is 0 Å². The Kier molecular flexibility index (Phi) is 6.67. The minimum Gasteiger partial charge on any atom is -0.361 e. The average molecular weight is 440 g/mol. The van der Waals surface area contributed by atoms with Gasteiger partial charge in [-0.25, -0.2) is 9.97 Å². The van der Waals surface area contributed by atoms with Crippen molar-refractivity contribution in [1.82, 2.24) is 24.3 Å². The van der Waals surface area contributed by atoms with Crippen molar-refractivity contribution >= 4 is 25.4 Å². The third-order valence-electron chi connectivity index (χ3n) is 6.28. The molecule has 4 rings (SSSR count). The third-order valence-corrected chi connectivity index (χ3v) is 7.98. The first kappa shape index (κ1) is 21.9. The lowest BCUT2D eigenvalue weighted by Gasteiger charge is -2.21. The highest BCUT2D eigenvalue weighted by Gasteiger charge is 2.27. The fourth-order valence-corrected chi connectivity index (χ4v) is 5.23. The Morgan fingerprint density at radius 1 is 1.26 bits per heavy atom. The van der Waals surface area contributed by atoms with Crippen molar-refractivity contribution < 1.29 is 9.53 Å². The van der Waals surface area contributed by atoms with E-state index in [4.69, 9.17) is 4.74 Å². The normalized spacial score (nSPS) is 16.2. The number of ether oxygens (including phenoxy) is 1. The highest BCUT2D eigenvalue weighted by atomic mass is 28.3. The monoisotopic (exact) mass is 439 g/mol. The van der Waals surface area contributed by atoms with Crippen LogP contribution in [0.5, 0.6) is 0 Å². The zero-order chi connectivity index (χ0) is 21.8. The molecule has 3 aromatic rings. The fraction of sp³-hybridized carbons (Fsp3) is 0.565. The molecule has 0 aromatic carbocycles. The molecule has 1 atom stereocenters. The van der Waals surface area contributed by atoms with Gasteiger partial charge in [0.2, 0.25) is 0 Å². The van der Waals surface area contributed by atoms with Crippen LogP contribution in [0, 0.1) is 5.92 Å². The van der Waals surface area contributed by atoms with Crippen LogP contribution in [0.4, 0.5) is 0 Å². The quantitative estimate of drug-likeness (QED) is 0.254. The summed E-state index contributed by atoms with van der Waals surface area (Å²) in [7, 11) is -1.10. The largest absolute Gasteiger partial charge is 0.361 e. The first-order valence-electron chi connectivity index (χ1n) is 11.3. The van der Waals surface area contributed by atoms with Crippen LogP contribution in [0.15, 0.2) is 31.0 Å². The molecule has 0 saturated heterocycles. The maximum Gasteiger partial charge on any atom is 0.145 e. The Morgan fingerprint density at radius 3 is 2.81 bits per heavy atom. The van der Waals surface area contributed by atoms with Crippen LogP contribution in [0.3, 0.4) is 0 Å². The van der Waals surface area contributed by atoms with Crippen molar-refractivity contribution in [3.63, 3.8) is 0 Å². The van der Waals surface area contributed by atoms with E-state index in [9.17, 15) is 4.79 Å². The standard InChI is InChI=1S/C23H33N5O2Si/c1-31(2,3)13-12-30-17-27-10-8-20-22(24-16-25-23(20)27)19-14-26-28(15-19)21(9-11-29)18-6-4-5-7-18/h8,10-11,14-16,18,21H,4-7,9,12-13,17H2,1-3H3. The lowest BCUT2D eigenvalue weighted by atomic mass is 9.96. The predicted octanol–water partition coefficient (Wildman–Crippen LogP) is 4.93. The van der Waals surface area contributed by atoms with E-state index in [1.807, 2.05) is 33.9 Å². The number of rotatable bonds is 10. The molecule has 0 spiro atoms. The van der Waals surface area contributed by atoms with Gasteiger partial charge in [-0.1, -0.05) is 32.5 Å². The molecule has 7 nitrogen and oxygen atoms in total. The highest BCUT2D eigenvalue weighted by Crippen LogP contribution is 2.36. The second kappa shape index (κ2) is 9.44. The highest BCUT2D eigenvalue weighted by molar-refractivity contribution is 6.76. The molecule has 0 N–H and O–H groups in total. The van der Waals surface area contributed by atoms with Gasteiger partial charge in [-0.15, -0.1) is 0 Å². The molecule has 3 aromatic heterocycles. The van der Waals surface area contributed by atoms with Gasteiger partial charge in [-0.3, -0.25) is 4.68 Å². The van der Waals surface area contributed by atoms with E-state index in [1.54, 1.807) is 6.33 Å². The molecule has 1 aliphatic rings. The molecule has 1 saturated carbocycles. The first-order valence-corrected chi connectivity index (χ1v) is 15.0. The minimum absolute atomic E-state index is 0.135. The number of carbonyl (C=O) groups excluding carboxylic acids is 1. The smallest absolute Gasteiger partial charge is 0.145 e. The molecule has 3 heterocycles. The van der Waals surface area contributed by atoms with E-state index in [-0.39, 0.29) is 6.04 Å². The topological polar surface area (TPSA) is 74.8 Å². The molecule has 0 radical (unpaired) electrons. The molecule has 1 unspecified atom stereocenters. The van der Waals surface area contributed by atoms with Crippen molar-refractivity contribution in [3.05, 3.63) is 31.0 Å². The van der Waals surface area contributed by atoms with Gasteiger partial charge < -0.3 is 14.1 Å². The number of aldehydes is 1. The van der Waals surface area contributed by atoms with E-state index < -0.39 is 8.07 Å². The summed E-state index contributed by atoms with van der Waals surface area (Å²) in [5.41, 5.74) is 2.69. The molecule has 1 aliphatic carbocycles. The van der Waals surface area contributed by atoms with Gasteiger partial charge in [0, 0.05) is 44.4 Å². The Labute approximate surface area is 184 Å². The molecule has 31 heavy (non-hydrogen) atoms.